The monoisotopic (exact) mass is 385 g/mol. The van der Waals surface area contributed by atoms with Crippen molar-refractivity contribution in [1.82, 2.24) is 16.0 Å². The van der Waals surface area contributed by atoms with E-state index >= 15 is 0 Å². The summed E-state index contributed by atoms with van der Waals surface area (Å²) in [5.41, 5.74) is 0. The van der Waals surface area contributed by atoms with Crippen molar-refractivity contribution >= 4 is 5.97 Å². The first-order valence-corrected chi connectivity index (χ1v) is 11.5. The van der Waals surface area contributed by atoms with Gasteiger partial charge in [-0.3, -0.25) is 15.4 Å². The molecule has 0 heterocycles. The van der Waals surface area contributed by atoms with Gasteiger partial charge in [0.15, 0.2) is 0 Å². The van der Waals surface area contributed by atoms with Crippen molar-refractivity contribution < 1.29 is 9.90 Å². The van der Waals surface area contributed by atoms with Crippen molar-refractivity contribution in [3.05, 3.63) is 0 Å². The summed E-state index contributed by atoms with van der Waals surface area (Å²) in [5.74, 6) is -0.827. The Kier molecular flexibility index (Phi) is 19.6. The highest BCUT2D eigenvalue weighted by Crippen LogP contribution is 2.12. The van der Waals surface area contributed by atoms with Crippen LogP contribution in [0.5, 0.6) is 0 Å². The van der Waals surface area contributed by atoms with Crippen molar-refractivity contribution in [2.45, 2.75) is 123 Å². The Hall–Kier alpha value is -0.650. The molecule has 162 valence electrons. The molecule has 27 heavy (non-hydrogen) atoms. The van der Waals surface area contributed by atoms with Crippen LogP contribution >= 0.6 is 0 Å². The van der Waals surface area contributed by atoms with E-state index in [2.05, 4.69) is 29.8 Å². The number of rotatable bonds is 21. The van der Waals surface area contributed by atoms with Crippen LogP contribution in [0.2, 0.25) is 0 Å². The third kappa shape index (κ3) is 21.5. The van der Waals surface area contributed by atoms with E-state index in [0.29, 0.717) is 0 Å². The lowest BCUT2D eigenvalue weighted by molar-refractivity contribution is -0.136. The zero-order valence-corrected chi connectivity index (χ0v) is 18.3. The van der Waals surface area contributed by atoms with Crippen LogP contribution < -0.4 is 16.0 Å². The molecule has 0 rings (SSSR count). The Morgan fingerprint density at radius 3 is 1.56 bits per heavy atom. The zero-order chi connectivity index (χ0) is 20.2. The second-order valence-electron chi connectivity index (χ2n) is 7.93. The van der Waals surface area contributed by atoms with Gasteiger partial charge in [-0.25, -0.2) is 0 Å². The molecule has 0 aromatic heterocycles. The molecule has 0 aliphatic rings. The molecule has 0 radical (unpaired) electrons. The van der Waals surface area contributed by atoms with Gasteiger partial charge >= 0.3 is 5.97 Å². The van der Waals surface area contributed by atoms with Crippen molar-refractivity contribution in [3.8, 4) is 0 Å². The number of hydrogen-bond acceptors (Lipinski definition) is 4. The van der Waals surface area contributed by atoms with Gasteiger partial charge in [0, 0.05) is 0 Å². The van der Waals surface area contributed by atoms with Gasteiger partial charge in [0.1, 0.15) is 0 Å². The van der Waals surface area contributed by atoms with Gasteiger partial charge in [-0.2, -0.15) is 0 Å². The number of carbonyl (C=O) groups is 1. The number of aliphatic carboxylic acids is 1. The van der Waals surface area contributed by atoms with Crippen LogP contribution in [0.15, 0.2) is 0 Å². The number of carboxylic acid groups (broad SMARTS) is 1. The van der Waals surface area contributed by atoms with Crippen LogP contribution in [0.25, 0.3) is 0 Å². The Balaban J connectivity index is 3.23. The Bertz CT molecular complexity index is 327. The fraction of sp³-hybridized carbons (Fsp3) is 0.955. The number of carboxylic acids is 1. The highest BCUT2D eigenvalue weighted by atomic mass is 16.4. The van der Waals surface area contributed by atoms with Crippen LogP contribution in [-0.4, -0.2) is 36.5 Å². The van der Waals surface area contributed by atoms with Crippen molar-refractivity contribution in [2.75, 3.05) is 13.1 Å². The maximum Gasteiger partial charge on any atom is 0.317 e. The lowest BCUT2D eigenvalue weighted by Gasteiger charge is -2.21. The SMILES string of the molecule is CCCCCCCCCCCCCCCCNC(C)NC(C)NCC(=O)O. The lowest BCUT2D eigenvalue weighted by atomic mass is 10.0. The molecule has 2 atom stereocenters. The Morgan fingerprint density at radius 2 is 1.11 bits per heavy atom. The summed E-state index contributed by atoms with van der Waals surface area (Å²) >= 11 is 0. The lowest BCUT2D eigenvalue weighted by Crippen LogP contribution is -2.51. The summed E-state index contributed by atoms with van der Waals surface area (Å²) < 4.78 is 0. The summed E-state index contributed by atoms with van der Waals surface area (Å²) in [6.07, 6.45) is 19.6. The van der Waals surface area contributed by atoms with E-state index in [0.717, 1.165) is 6.54 Å². The summed E-state index contributed by atoms with van der Waals surface area (Å²) in [7, 11) is 0. The highest BCUT2D eigenvalue weighted by Gasteiger charge is 2.07. The van der Waals surface area contributed by atoms with Crippen molar-refractivity contribution in [2.24, 2.45) is 0 Å². The van der Waals surface area contributed by atoms with Gasteiger partial charge in [0.2, 0.25) is 0 Å². The van der Waals surface area contributed by atoms with E-state index in [4.69, 9.17) is 5.11 Å². The van der Waals surface area contributed by atoms with Crippen LogP contribution in [-0.2, 0) is 4.79 Å². The summed E-state index contributed by atoms with van der Waals surface area (Å²) in [5, 5.41) is 18.3. The first-order chi connectivity index (χ1) is 13.1. The molecule has 0 aromatic rings. The summed E-state index contributed by atoms with van der Waals surface area (Å²) in [6, 6.07) is 0. The molecule has 5 nitrogen and oxygen atoms in total. The molecule has 0 bridgehead atoms. The molecule has 0 aliphatic carbocycles. The molecule has 0 aliphatic heterocycles. The molecule has 0 spiro atoms. The summed E-state index contributed by atoms with van der Waals surface area (Å²) in [4.78, 5) is 10.5. The van der Waals surface area contributed by atoms with Crippen LogP contribution in [0.3, 0.4) is 0 Å². The molecular formula is C22H47N3O2. The van der Waals surface area contributed by atoms with E-state index < -0.39 is 5.97 Å². The Labute approximate surface area is 168 Å². The van der Waals surface area contributed by atoms with E-state index in [9.17, 15) is 4.79 Å². The van der Waals surface area contributed by atoms with Gasteiger partial charge in [-0.15, -0.1) is 0 Å². The largest absolute Gasteiger partial charge is 0.480 e. The smallest absolute Gasteiger partial charge is 0.317 e. The third-order valence-corrected chi connectivity index (χ3v) is 5.04. The van der Waals surface area contributed by atoms with E-state index in [1.54, 1.807) is 0 Å². The minimum atomic E-state index is -0.827. The van der Waals surface area contributed by atoms with Gasteiger partial charge in [0.05, 0.1) is 18.9 Å². The quantitative estimate of drug-likeness (QED) is 0.165. The molecule has 0 saturated heterocycles. The molecule has 5 heteroatoms. The minimum absolute atomic E-state index is 0.0139. The minimum Gasteiger partial charge on any atom is -0.480 e. The predicted octanol–water partition coefficient (Wildman–Crippen LogP) is 5.01. The van der Waals surface area contributed by atoms with E-state index in [1.807, 2.05) is 6.92 Å². The van der Waals surface area contributed by atoms with E-state index in [1.165, 1.54) is 89.9 Å². The molecule has 0 fully saturated rings. The predicted molar refractivity (Wildman–Crippen MR) is 116 cm³/mol. The van der Waals surface area contributed by atoms with Crippen LogP contribution in [0.1, 0.15) is 111 Å². The first-order valence-electron chi connectivity index (χ1n) is 11.5. The second-order valence-corrected chi connectivity index (χ2v) is 7.93. The van der Waals surface area contributed by atoms with E-state index in [-0.39, 0.29) is 18.9 Å². The second kappa shape index (κ2) is 20.1. The maximum atomic E-state index is 10.5. The normalized spacial score (nSPS) is 13.6. The fourth-order valence-electron chi connectivity index (χ4n) is 3.37. The highest BCUT2D eigenvalue weighted by molar-refractivity contribution is 5.69. The zero-order valence-electron chi connectivity index (χ0n) is 18.3. The third-order valence-electron chi connectivity index (χ3n) is 5.04. The van der Waals surface area contributed by atoms with Gasteiger partial charge in [0.25, 0.3) is 0 Å². The average molecular weight is 386 g/mol. The first kappa shape index (κ1) is 26.4. The summed E-state index contributed by atoms with van der Waals surface area (Å²) in [6.45, 7) is 7.29. The number of unbranched alkanes of at least 4 members (excludes halogenated alkanes) is 13. The van der Waals surface area contributed by atoms with Gasteiger partial charge in [-0.1, -0.05) is 90.4 Å². The van der Waals surface area contributed by atoms with Gasteiger partial charge in [-0.05, 0) is 26.8 Å². The molecule has 0 saturated carbocycles. The van der Waals surface area contributed by atoms with Crippen LogP contribution in [0.4, 0.5) is 0 Å². The molecule has 0 aromatic carbocycles. The molecule has 4 N–H and O–H groups in total. The van der Waals surface area contributed by atoms with Gasteiger partial charge < -0.3 is 10.4 Å². The Morgan fingerprint density at radius 1 is 0.704 bits per heavy atom. The average Bonchev–Trinajstić information content (AvgIpc) is 2.63. The standard InChI is InChI=1S/C22H47N3O2/c1-4-5-6-7-8-9-10-11-12-13-14-15-16-17-18-23-20(2)25-21(3)24-19-22(26)27/h20-21,23-25H,4-19H2,1-3H3,(H,26,27). The maximum absolute atomic E-state index is 10.5. The van der Waals surface area contributed by atoms with Crippen LogP contribution in [0, 0.1) is 0 Å². The number of hydrogen-bond donors (Lipinski definition) is 4. The molecular weight excluding hydrogens is 338 g/mol. The molecule has 0 amide bonds. The topological polar surface area (TPSA) is 73.4 Å². The van der Waals surface area contributed by atoms with Crippen molar-refractivity contribution in [3.63, 3.8) is 0 Å². The molecule has 2 unspecified atom stereocenters. The number of nitrogens with one attached hydrogen (secondary N) is 3. The fourth-order valence-corrected chi connectivity index (χ4v) is 3.37. The van der Waals surface area contributed by atoms with Crippen molar-refractivity contribution in [1.29, 1.82) is 0 Å².